The molecule has 3 nitrogen and oxygen atoms in total. The number of benzene rings is 1. The van der Waals surface area contributed by atoms with Crippen LogP contribution in [0.25, 0.3) is 0 Å². The summed E-state index contributed by atoms with van der Waals surface area (Å²) < 4.78 is 26.4. The van der Waals surface area contributed by atoms with Gasteiger partial charge in [0.2, 0.25) is 10.0 Å². The fourth-order valence-electron chi connectivity index (χ4n) is 1.77. The Morgan fingerprint density at radius 3 is 2.71 bits per heavy atom. The number of hydrogen-bond donors (Lipinski definition) is 1. The molecule has 0 saturated heterocycles. The van der Waals surface area contributed by atoms with Gasteiger partial charge < -0.3 is 0 Å². The van der Waals surface area contributed by atoms with E-state index < -0.39 is 10.0 Å². The van der Waals surface area contributed by atoms with Gasteiger partial charge in [-0.05, 0) is 25.0 Å². The molecular weight excluding hydrogens is 234 g/mol. The fraction of sp³-hybridized carbons (Fsp3) is 0.385. The molecule has 0 amide bonds. The highest BCUT2D eigenvalue weighted by molar-refractivity contribution is 7.89. The predicted molar refractivity (Wildman–Crippen MR) is 66.7 cm³/mol. The minimum atomic E-state index is -3.38. The predicted octanol–water partition coefficient (Wildman–Crippen LogP) is 1.77. The van der Waals surface area contributed by atoms with Crippen LogP contribution in [0.4, 0.5) is 0 Å². The molecule has 17 heavy (non-hydrogen) atoms. The second kappa shape index (κ2) is 5.35. The average Bonchev–Trinajstić information content (AvgIpc) is 2.39. The standard InChI is InChI=1S/C13H15NO2S/c15-17(16,13-9-5-2-6-10-13)14-11-12-7-3-1-4-8-12/h2,5-6,9-10,12,14H,1,3,7,11H2. The van der Waals surface area contributed by atoms with Crippen molar-refractivity contribution in [1.29, 1.82) is 0 Å². The molecule has 1 aliphatic rings. The van der Waals surface area contributed by atoms with Gasteiger partial charge in [0.05, 0.1) is 4.90 Å². The topological polar surface area (TPSA) is 46.2 Å². The molecule has 1 atom stereocenters. The minimum absolute atomic E-state index is 0.155. The smallest absolute Gasteiger partial charge is 0.210 e. The van der Waals surface area contributed by atoms with Gasteiger partial charge in [0.15, 0.2) is 0 Å². The molecule has 1 unspecified atom stereocenters. The van der Waals surface area contributed by atoms with Gasteiger partial charge in [-0.15, -0.1) is 5.92 Å². The quantitative estimate of drug-likeness (QED) is 0.827. The second-order valence-corrected chi connectivity index (χ2v) is 5.84. The second-order valence-electron chi connectivity index (χ2n) is 4.08. The Hall–Kier alpha value is -1.31. The van der Waals surface area contributed by atoms with Crippen LogP contribution < -0.4 is 4.72 Å². The summed E-state index contributed by atoms with van der Waals surface area (Å²) in [7, 11) is -3.38. The van der Waals surface area contributed by atoms with Gasteiger partial charge >= 0.3 is 0 Å². The van der Waals surface area contributed by atoms with Gasteiger partial charge in [-0.1, -0.05) is 24.1 Å². The van der Waals surface area contributed by atoms with Crippen LogP contribution in [-0.4, -0.2) is 15.0 Å². The lowest BCUT2D eigenvalue weighted by Gasteiger charge is -2.14. The Kier molecular flexibility index (Phi) is 3.82. The molecule has 1 aromatic carbocycles. The first-order valence-corrected chi connectivity index (χ1v) is 7.20. The van der Waals surface area contributed by atoms with Crippen LogP contribution in [-0.2, 0) is 10.0 Å². The maximum Gasteiger partial charge on any atom is 0.240 e. The van der Waals surface area contributed by atoms with Crippen molar-refractivity contribution < 1.29 is 8.42 Å². The monoisotopic (exact) mass is 249 g/mol. The lowest BCUT2D eigenvalue weighted by Crippen LogP contribution is -2.29. The van der Waals surface area contributed by atoms with E-state index in [4.69, 9.17) is 0 Å². The molecule has 1 N–H and O–H groups in total. The zero-order valence-corrected chi connectivity index (χ0v) is 10.3. The van der Waals surface area contributed by atoms with Gasteiger partial charge in [-0.3, -0.25) is 0 Å². The highest BCUT2D eigenvalue weighted by Gasteiger charge is 2.16. The first-order chi connectivity index (χ1) is 8.18. The molecular formula is C13H15NO2S. The zero-order valence-electron chi connectivity index (χ0n) is 9.52. The van der Waals surface area contributed by atoms with E-state index in [-0.39, 0.29) is 5.92 Å². The van der Waals surface area contributed by atoms with Gasteiger partial charge in [0.25, 0.3) is 0 Å². The summed E-state index contributed by atoms with van der Waals surface area (Å²) in [5.41, 5.74) is 0. The van der Waals surface area contributed by atoms with E-state index in [1.807, 2.05) is 0 Å². The number of sulfonamides is 1. The van der Waals surface area contributed by atoms with Crippen molar-refractivity contribution in [2.24, 2.45) is 5.92 Å². The number of hydrogen-bond acceptors (Lipinski definition) is 2. The van der Waals surface area contributed by atoms with E-state index in [2.05, 4.69) is 16.6 Å². The lowest BCUT2D eigenvalue weighted by atomic mass is 9.99. The van der Waals surface area contributed by atoms with Crippen LogP contribution >= 0.6 is 0 Å². The van der Waals surface area contributed by atoms with Crippen molar-refractivity contribution >= 4 is 10.0 Å². The summed E-state index contributed by atoms with van der Waals surface area (Å²) in [6.45, 7) is 0.407. The Morgan fingerprint density at radius 2 is 2.06 bits per heavy atom. The molecule has 0 fully saturated rings. The summed E-state index contributed by atoms with van der Waals surface area (Å²) in [5.74, 6) is 6.25. The Morgan fingerprint density at radius 1 is 1.29 bits per heavy atom. The van der Waals surface area contributed by atoms with Gasteiger partial charge in [-0.2, -0.15) is 0 Å². The van der Waals surface area contributed by atoms with E-state index in [1.54, 1.807) is 30.3 Å². The van der Waals surface area contributed by atoms with Crippen molar-refractivity contribution in [3.05, 3.63) is 30.3 Å². The summed E-state index contributed by atoms with van der Waals surface area (Å²) in [6.07, 6.45) is 2.97. The molecule has 90 valence electrons. The molecule has 2 rings (SSSR count). The van der Waals surface area contributed by atoms with Crippen molar-refractivity contribution in [3.8, 4) is 11.8 Å². The number of nitrogens with one attached hydrogen (secondary N) is 1. The van der Waals surface area contributed by atoms with Crippen LogP contribution in [0.1, 0.15) is 19.3 Å². The lowest BCUT2D eigenvalue weighted by molar-refractivity contribution is 0.537. The van der Waals surface area contributed by atoms with Crippen LogP contribution in [0.5, 0.6) is 0 Å². The molecule has 0 aromatic heterocycles. The summed E-state index contributed by atoms with van der Waals surface area (Å²) in [4.78, 5) is 0.309. The van der Waals surface area contributed by atoms with Crippen molar-refractivity contribution in [1.82, 2.24) is 4.72 Å². The van der Waals surface area contributed by atoms with Crippen molar-refractivity contribution in [2.75, 3.05) is 6.54 Å². The van der Waals surface area contributed by atoms with Crippen molar-refractivity contribution in [2.45, 2.75) is 24.2 Å². The molecule has 1 aliphatic carbocycles. The third kappa shape index (κ3) is 3.32. The highest BCUT2D eigenvalue weighted by atomic mass is 32.2. The van der Waals surface area contributed by atoms with E-state index >= 15 is 0 Å². The van der Waals surface area contributed by atoms with Crippen LogP contribution in [0.15, 0.2) is 35.2 Å². The largest absolute Gasteiger partial charge is 0.240 e. The molecule has 0 spiro atoms. The van der Waals surface area contributed by atoms with Crippen molar-refractivity contribution in [3.63, 3.8) is 0 Å². The zero-order chi connectivity index (χ0) is 12.1. The summed E-state index contributed by atoms with van der Waals surface area (Å²) in [5, 5.41) is 0. The van der Waals surface area contributed by atoms with Crippen LogP contribution in [0, 0.1) is 17.8 Å². The molecule has 0 saturated carbocycles. The number of rotatable bonds is 4. The van der Waals surface area contributed by atoms with Crippen LogP contribution in [0.2, 0.25) is 0 Å². The minimum Gasteiger partial charge on any atom is -0.210 e. The Balaban J connectivity index is 2.00. The Labute approximate surface area is 102 Å². The molecule has 0 radical (unpaired) electrons. The van der Waals surface area contributed by atoms with E-state index in [9.17, 15) is 8.42 Å². The van der Waals surface area contributed by atoms with Crippen LogP contribution in [0.3, 0.4) is 0 Å². The molecule has 1 aromatic rings. The maximum absolute atomic E-state index is 11.9. The van der Waals surface area contributed by atoms with E-state index in [1.165, 1.54) is 0 Å². The van der Waals surface area contributed by atoms with Gasteiger partial charge in [-0.25, -0.2) is 13.1 Å². The van der Waals surface area contributed by atoms with E-state index in [0.717, 1.165) is 19.3 Å². The average molecular weight is 249 g/mol. The van der Waals surface area contributed by atoms with Gasteiger partial charge in [0.1, 0.15) is 0 Å². The summed E-state index contributed by atoms with van der Waals surface area (Å²) in [6, 6.07) is 8.42. The fourth-order valence-corrected chi connectivity index (χ4v) is 2.87. The molecule has 0 aliphatic heterocycles. The third-order valence-corrected chi connectivity index (χ3v) is 4.17. The SMILES string of the molecule is O=S(=O)(NCC1C#CCCC1)c1ccccc1. The normalized spacial score (nSPS) is 19.4. The molecule has 0 heterocycles. The highest BCUT2D eigenvalue weighted by Crippen LogP contribution is 2.13. The third-order valence-electron chi connectivity index (χ3n) is 2.73. The molecule has 0 bridgehead atoms. The Bertz CT molecular complexity index is 526. The van der Waals surface area contributed by atoms with Gasteiger partial charge in [0, 0.05) is 18.9 Å². The first kappa shape index (κ1) is 12.2. The first-order valence-electron chi connectivity index (χ1n) is 5.71. The van der Waals surface area contributed by atoms with E-state index in [0.29, 0.717) is 11.4 Å². The summed E-state index contributed by atoms with van der Waals surface area (Å²) >= 11 is 0. The maximum atomic E-state index is 11.9. The molecule has 4 heteroatoms.